The van der Waals surface area contributed by atoms with Gasteiger partial charge in [-0.3, -0.25) is 0 Å². The van der Waals surface area contributed by atoms with Gasteiger partial charge in [-0.2, -0.15) is 0 Å². The lowest BCUT2D eigenvalue weighted by atomic mass is 10.1. The number of hydrogen-bond donors (Lipinski definition) is 1. The summed E-state index contributed by atoms with van der Waals surface area (Å²) in [6, 6.07) is 5.10. The number of rotatable bonds is 6. The number of alkyl halides is 3. The lowest BCUT2D eigenvalue weighted by Crippen LogP contribution is -2.39. The summed E-state index contributed by atoms with van der Waals surface area (Å²) in [6.45, 7) is 0. The Kier molecular flexibility index (Phi) is 5.59. The highest BCUT2D eigenvalue weighted by atomic mass is 19.4. The van der Waals surface area contributed by atoms with Gasteiger partial charge in [0.15, 0.2) is 6.29 Å². The zero-order valence-corrected chi connectivity index (χ0v) is 10.6. The number of ether oxygens (including phenoxy) is 3. The minimum Gasteiger partial charge on any atom is -0.406 e. The molecular formula is C12H16F3NO3. The Morgan fingerprint density at radius 3 is 2.05 bits per heavy atom. The molecule has 7 heteroatoms. The van der Waals surface area contributed by atoms with Gasteiger partial charge < -0.3 is 19.9 Å². The van der Waals surface area contributed by atoms with Crippen LogP contribution in [0.1, 0.15) is 5.56 Å². The standard InChI is InChI=1S/C12H16F3NO3/c1-17-11(18-2)10(16)7-8-3-5-9(6-4-8)19-12(13,14)15/h3-6,10-11H,7,16H2,1-2H3. The molecule has 0 saturated carbocycles. The maximum Gasteiger partial charge on any atom is 0.573 e. The second-order valence-electron chi connectivity index (χ2n) is 3.90. The van der Waals surface area contributed by atoms with Crippen molar-refractivity contribution in [2.24, 2.45) is 5.73 Å². The average molecular weight is 279 g/mol. The lowest BCUT2D eigenvalue weighted by molar-refractivity contribution is -0.274. The monoisotopic (exact) mass is 279 g/mol. The molecule has 0 amide bonds. The minimum atomic E-state index is -4.69. The Labute approximate surface area is 109 Å². The van der Waals surface area contributed by atoms with E-state index in [0.717, 1.165) is 5.56 Å². The van der Waals surface area contributed by atoms with Crippen LogP contribution in [-0.4, -0.2) is 32.9 Å². The molecule has 0 radical (unpaired) electrons. The van der Waals surface area contributed by atoms with E-state index in [0.29, 0.717) is 6.42 Å². The van der Waals surface area contributed by atoms with Crippen molar-refractivity contribution in [2.75, 3.05) is 14.2 Å². The van der Waals surface area contributed by atoms with Crippen LogP contribution in [-0.2, 0) is 15.9 Å². The molecule has 1 aromatic rings. The van der Waals surface area contributed by atoms with Crippen LogP contribution in [0.3, 0.4) is 0 Å². The molecule has 108 valence electrons. The van der Waals surface area contributed by atoms with E-state index in [1.54, 1.807) is 0 Å². The van der Waals surface area contributed by atoms with Gasteiger partial charge in [0.25, 0.3) is 0 Å². The highest BCUT2D eigenvalue weighted by Gasteiger charge is 2.31. The topological polar surface area (TPSA) is 53.7 Å². The molecule has 0 aliphatic rings. The van der Waals surface area contributed by atoms with Gasteiger partial charge in [-0.25, -0.2) is 0 Å². The van der Waals surface area contributed by atoms with E-state index in [-0.39, 0.29) is 5.75 Å². The molecule has 0 saturated heterocycles. The SMILES string of the molecule is COC(OC)C(N)Cc1ccc(OC(F)(F)F)cc1. The van der Waals surface area contributed by atoms with Crippen molar-refractivity contribution in [1.29, 1.82) is 0 Å². The number of benzene rings is 1. The molecule has 0 heterocycles. The van der Waals surface area contributed by atoms with E-state index in [9.17, 15) is 13.2 Å². The predicted octanol–water partition coefficient (Wildman–Crippen LogP) is 2.07. The number of nitrogens with two attached hydrogens (primary N) is 1. The van der Waals surface area contributed by atoms with E-state index < -0.39 is 18.7 Å². The van der Waals surface area contributed by atoms with Crippen molar-refractivity contribution in [3.05, 3.63) is 29.8 Å². The molecule has 19 heavy (non-hydrogen) atoms. The van der Waals surface area contributed by atoms with E-state index in [1.807, 2.05) is 0 Å². The third-order valence-corrected chi connectivity index (χ3v) is 2.44. The van der Waals surface area contributed by atoms with Crippen molar-refractivity contribution >= 4 is 0 Å². The van der Waals surface area contributed by atoms with Crippen LogP contribution in [0, 0.1) is 0 Å². The Balaban J connectivity index is 2.62. The van der Waals surface area contributed by atoms with Gasteiger partial charge in [-0.15, -0.1) is 13.2 Å². The van der Waals surface area contributed by atoms with E-state index in [2.05, 4.69) is 4.74 Å². The normalized spacial score (nSPS) is 13.6. The largest absolute Gasteiger partial charge is 0.573 e. The summed E-state index contributed by atoms with van der Waals surface area (Å²) in [7, 11) is 2.93. The molecule has 1 unspecified atom stereocenters. The van der Waals surface area contributed by atoms with Crippen LogP contribution < -0.4 is 10.5 Å². The maximum atomic E-state index is 12.0. The second-order valence-corrected chi connectivity index (χ2v) is 3.90. The van der Waals surface area contributed by atoms with Gasteiger partial charge in [-0.1, -0.05) is 12.1 Å². The first kappa shape index (κ1) is 15.7. The Bertz CT molecular complexity index is 377. The van der Waals surface area contributed by atoms with Crippen molar-refractivity contribution < 1.29 is 27.4 Å². The van der Waals surface area contributed by atoms with Crippen LogP contribution in [0.25, 0.3) is 0 Å². The third-order valence-electron chi connectivity index (χ3n) is 2.44. The second kappa shape index (κ2) is 6.74. The molecule has 0 aromatic heterocycles. The van der Waals surface area contributed by atoms with Crippen LogP contribution in [0.15, 0.2) is 24.3 Å². The van der Waals surface area contributed by atoms with E-state index in [4.69, 9.17) is 15.2 Å². The fourth-order valence-electron chi connectivity index (χ4n) is 1.64. The summed E-state index contributed by atoms with van der Waals surface area (Å²) in [5, 5.41) is 0. The molecule has 0 aliphatic heterocycles. The average Bonchev–Trinajstić information content (AvgIpc) is 2.31. The Hall–Kier alpha value is -1.31. The van der Waals surface area contributed by atoms with Gasteiger partial charge in [0.1, 0.15) is 5.75 Å². The van der Waals surface area contributed by atoms with Crippen LogP contribution in [0.4, 0.5) is 13.2 Å². The molecule has 1 rings (SSSR count). The Morgan fingerprint density at radius 1 is 1.11 bits per heavy atom. The van der Waals surface area contributed by atoms with Crippen molar-refractivity contribution in [3.8, 4) is 5.75 Å². The number of hydrogen-bond acceptors (Lipinski definition) is 4. The van der Waals surface area contributed by atoms with Gasteiger partial charge in [-0.05, 0) is 24.1 Å². The van der Waals surface area contributed by atoms with Crippen molar-refractivity contribution in [3.63, 3.8) is 0 Å². The van der Waals surface area contributed by atoms with Gasteiger partial charge in [0.2, 0.25) is 0 Å². The summed E-state index contributed by atoms with van der Waals surface area (Å²) < 4.78 is 49.7. The lowest BCUT2D eigenvalue weighted by Gasteiger charge is -2.21. The molecular weight excluding hydrogens is 263 g/mol. The fourth-order valence-corrected chi connectivity index (χ4v) is 1.64. The molecule has 0 spiro atoms. The number of halogens is 3. The minimum absolute atomic E-state index is 0.264. The first-order valence-corrected chi connectivity index (χ1v) is 5.51. The van der Waals surface area contributed by atoms with Crippen LogP contribution in [0.5, 0.6) is 5.75 Å². The number of methoxy groups -OCH3 is 2. The van der Waals surface area contributed by atoms with Crippen molar-refractivity contribution in [1.82, 2.24) is 0 Å². The summed E-state index contributed by atoms with van der Waals surface area (Å²) in [5.74, 6) is -0.264. The fraction of sp³-hybridized carbons (Fsp3) is 0.500. The zero-order chi connectivity index (χ0) is 14.5. The van der Waals surface area contributed by atoms with Crippen molar-refractivity contribution in [2.45, 2.75) is 25.1 Å². The molecule has 0 bridgehead atoms. The molecule has 1 aromatic carbocycles. The smallest absolute Gasteiger partial charge is 0.406 e. The molecule has 0 aliphatic carbocycles. The highest BCUT2D eigenvalue weighted by molar-refractivity contribution is 5.28. The highest BCUT2D eigenvalue weighted by Crippen LogP contribution is 2.23. The van der Waals surface area contributed by atoms with E-state index >= 15 is 0 Å². The van der Waals surface area contributed by atoms with E-state index in [1.165, 1.54) is 38.5 Å². The Morgan fingerprint density at radius 2 is 1.63 bits per heavy atom. The van der Waals surface area contributed by atoms with Gasteiger partial charge >= 0.3 is 6.36 Å². The predicted molar refractivity (Wildman–Crippen MR) is 62.6 cm³/mol. The van der Waals surface area contributed by atoms with Crippen LogP contribution >= 0.6 is 0 Å². The summed E-state index contributed by atoms with van der Waals surface area (Å²) in [6.07, 6.45) is -4.83. The molecule has 0 fully saturated rings. The maximum absolute atomic E-state index is 12.0. The van der Waals surface area contributed by atoms with Gasteiger partial charge in [0, 0.05) is 14.2 Å². The molecule has 4 nitrogen and oxygen atoms in total. The summed E-state index contributed by atoms with van der Waals surface area (Å²) >= 11 is 0. The first-order valence-electron chi connectivity index (χ1n) is 5.51. The molecule has 2 N–H and O–H groups in total. The van der Waals surface area contributed by atoms with Gasteiger partial charge in [0.05, 0.1) is 6.04 Å². The zero-order valence-electron chi connectivity index (χ0n) is 10.6. The summed E-state index contributed by atoms with van der Waals surface area (Å²) in [5.41, 5.74) is 6.61. The van der Waals surface area contributed by atoms with Crippen LogP contribution in [0.2, 0.25) is 0 Å². The first-order chi connectivity index (χ1) is 8.85. The molecule has 1 atom stereocenters. The quantitative estimate of drug-likeness (QED) is 0.810. The summed E-state index contributed by atoms with van der Waals surface area (Å²) in [4.78, 5) is 0. The third kappa shape index (κ3) is 5.46.